The summed E-state index contributed by atoms with van der Waals surface area (Å²) >= 11 is 1.83. The number of thioether (sulfide) groups is 1. The second-order valence-electron chi connectivity index (χ2n) is 5.78. The van der Waals surface area contributed by atoms with E-state index in [0.29, 0.717) is 18.0 Å². The summed E-state index contributed by atoms with van der Waals surface area (Å²) in [7, 11) is 0. The molecule has 0 amide bonds. The van der Waals surface area contributed by atoms with E-state index in [4.69, 9.17) is 9.63 Å². The number of nitrogens with zero attached hydrogens (tertiary/aromatic N) is 2. The van der Waals surface area contributed by atoms with Crippen molar-refractivity contribution in [3.8, 4) is 0 Å². The van der Waals surface area contributed by atoms with Crippen LogP contribution in [0.2, 0.25) is 0 Å². The smallest absolute Gasteiger partial charge is 0.229 e. The average molecular weight is 313 g/mol. The number of aliphatic hydroxyl groups is 1. The van der Waals surface area contributed by atoms with E-state index >= 15 is 0 Å². The van der Waals surface area contributed by atoms with E-state index in [9.17, 15) is 0 Å². The van der Waals surface area contributed by atoms with E-state index in [0.717, 1.165) is 56.0 Å². The number of aromatic nitrogens is 2. The third-order valence-corrected chi connectivity index (χ3v) is 4.93. The molecule has 120 valence electrons. The van der Waals surface area contributed by atoms with Gasteiger partial charge in [0, 0.05) is 36.8 Å². The zero-order chi connectivity index (χ0) is 15.1. The predicted octanol–water partition coefficient (Wildman–Crippen LogP) is 2.36. The Bertz CT molecular complexity index is 399. The van der Waals surface area contributed by atoms with Crippen molar-refractivity contribution in [1.82, 2.24) is 15.5 Å². The molecule has 6 heteroatoms. The zero-order valence-corrected chi connectivity index (χ0v) is 13.9. The summed E-state index contributed by atoms with van der Waals surface area (Å²) in [6.45, 7) is 2.30. The Morgan fingerprint density at radius 3 is 2.71 bits per heavy atom. The third kappa shape index (κ3) is 4.97. The molecule has 0 bridgehead atoms. The molecule has 1 aromatic rings. The summed E-state index contributed by atoms with van der Waals surface area (Å²) in [6, 6.07) is 0.972. The van der Waals surface area contributed by atoms with Gasteiger partial charge in [-0.15, -0.1) is 0 Å². The van der Waals surface area contributed by atoms with E-state index in [1.165, 1.54) is 0 Å². The second-order valence-corrected chi connectivity index (χ2v) is 6.69. The summed E-state index contributed by atoms with van der Waals surface area (Å²) in [5.74, 6) is 3.12. The summed E-state index contributed by atoms with van der Waals surface area (Å²) in [4.78, 5) is 4.46. The number of nitrogens with one attached hydrogen (secondary N) is 1. The van der Waals surface area contributed by atoms with Crippen LogP contribution < -0.4 is 5.32 Å². The number of aryl methyl sites for hydroxylation is 1. The minimum Gasteiger partial charge on any atom is -0.396 e. The summed E-state index contributed by atoms with van der Waals surface area (Å²) in [5.41, 5.74) is 0. The molecule has 2 N–H and O–H groups in total. The van der Waals surface area contributed by atoms with Crippen LogP contribution in [0.15, 0.2) is 4.52 Å². The SMILES string of the molecule is CCc1noc(C2CCC(NC(CCO)CSC)CC2)n1. The highest BCUT2D eigenvalue weighted by atomic mass is 32.2. The highest BCUT2D eigenvalue weighted by Crippen LogP contribution is 2.32. The van der Waals surface area contributed by atoms with Crippen LogP contribution >= 0.6 is 11.8 Å². The molecule has 0 spiro atoms. The lowest BCUT2D eigenvalue weighted by Crippen LogP contribution is -2.42. The van der Waals surface area contributed by atoms with Gasteiger partial charge in [0.05, 0.1) is 0 Å². The molecule has 1 saturated carbocycles. The average Bonchev–Trinajstić information content (AvgIpc) is 2.97. The lowest BCUT2D eigenvalue weighted by Gasteiger charge is -2.30. The maximum atomic E-state index is 9.13. The van der Waals surface area contributed by atoms with Gasteiger partial charge in [-0.05, 0) is 38.4 Å². The topological polar surface area (TPSA) is 71.2 Å². The van der Waals surface area contributed by atoms with Crippen LogP contribution in [-0.2, 0) is 6.42 Å². The van der Waals surface area contributed by atoms with E-state index in [1.54, 1.807) is 0 Å². The summed E-state index contributed by atoms with van der Waals surface area (Å²) in [6.07, 6.45) is 8.28. The van der Waals surface area contributed by atoms with Crippen molar-refractivity contribution in [2.75, 3.05) is 18.6 Å². The van der Waals surface area contributed by atoms with Crippen LogP contribution in [-0.4, -0.2) is 45.9 Å². The van der Waals surface area contributed by atoms with Crippen LogP contribution in [0.5, 0.6) is 0 Å². The maximum absolute atomic E-state index is 9.13. The minimum absolute atomic E-state index is 0.259. The van der Waals surface area contributed by atoms with Crippen molar-refractivity contribution in [3.63, 3.8) is 0 Å². The molecule has 1 atom stereocenters. The Morgan fingerprint density at radius 1 is 1.38 bits per heavy atom. The Hall–Kier alpha value is -0.590. The maximum Gasteiger partial charge on any atom is 0.229 e. The fourth-order valence-corrected chi connectivity index (χ4v) is 3.65. The van der Waals surface area contributed by atoms with Gasteiger partial charge in [-0.1, -0.05) is 12.1 Å². The van der Waals surface area contributed by atoms with Gasteiger partial charge in [0.15, 0.2) is 5.82 Å². The molecule has 1 aliphatic carbocycles. The monoisotopic (exact) mass is 313 g/mol. The Labute approximate surface area is 131 Å². The Kier molecular flexibility index (Phi) is 6.99. The second kappa shape index (κ2) is 8.76. The zero-order valence-electron chi connectivity index (χ0n) is 13.0. The van der Waals surface area contributed by atoms with E-state index in [-0.39, 0.29) is 6.61 Å². The minimum atomic E-state index is 0.259. The van der Waals surface area contributed by atoms with Gasteiger partial charge in [0.2, 0.25) is 5.89 Å². The summed E-state index contributed by atoms with van der Waals surface area (Å²) in [5, 5.41) is 16.8. The standard InChI is InChI=1S/C15H27N3O2S/c1-3-14-17-15(20-18-14)11-4-6-12(7-5-11)16-13(8-9-19)10-21-2/h11-13,16,19H,3-10H2,1-2H3. The highest BCUT2D eigenvalue weighted by molar-refractivity contribution is 7.98. The number of hydrogen-bond donors (Lipinski definition) is 2. The fraction of sp³-hybridized carbons (Fsp3) is 0.867. The number of rotatable bonds is 8. The molecule has 1 aromatic heterocycles. The molecule has 21 heavy (non-hydrogen) atoms. The van der Waals surface area contributed by atoms with Gasteiger partial charge in [-0.3, -0.25) is 0 Å². The van der Waals surface area contributed by atoms with Crippen molar-refractivity contribution in [1.29, 1.82) is 0 Å². The molecule has 1 fully saturated rings. The third-order valence-electron chi connectivity index (χ3n) is 4.19. The highest BCUT2D eigenvalue weighted by Gasteiger charge is 2.27. The molecule has 0 aliphatic heterocycles. The van der Waals surface area contributed by atoms with Crippen LogP contribution in [0.1, 0.15) is 56.7 Å². The van der Waals surface area contributed by atoms with Gasteiger partial charge in [-0.25, -0.2) is 0 Å². The van der Waals surface area contributed by atoms with Crippen molar-refractivity contribution in [2.24, 2.45) is 0 Å². The molecule has 0 saturated heterocycles. The van der Waals surface area contributed by atoms with Crippen LogP contribution in [0.25, 0.3) is 0 Å². The molecular weight excluding hydrogens is 286 g/mol. The molecule has 0 aromatic carbocycles. The van der Waals surface area contributed by atoms with Crippen molar-refractivity contribution >= 4 is 11.8 Å². The van der Waals surface area contributed by atoms with Crippen LogP contribution in [0.3, 0.4) is 0 Å². The van der Waals surface area contributed by atoms with Crippen LogP contribution in [0, 0.1) is 0 Å². The Balaban J connectivity index is 1.79. The molecule has 1 unspecified atom stereocenters. The van der Waals surface area contributed by atoms with Gasteiger partial charge in [0.1, 0.15) is 0 Å². The molecule has 1 aliphatic rings. The predicted molar refractivity (Wildman–Crippen MR) is 85.7 cm³/mol. The number of aliphatic hydroxyl groups excluding tert-OH is 1. The quantitative estimate of drug-likeness (QED) is 0.768. The number of hydrogen-bond acceptors (Lipinski definition) is 6. The van der Waals surface area contributed by atoms with E-state index < -0.39 is 0 Å². The molecule has 2 rings (SSSR count). The van der Waals surface area contributed by atoms with Gasteiger partial charge in [0.25, 0.3) is 0 Å². The van der Waals surface area contributed by atoms with Crippen molar-refractivity contribution < 1.29 is 9.63 Å². The first-order chi connectivity index (χ1) is 10.3. The van der Waals surface area contributed by atoms with Crippen LogP contribution in [0.4, 0.5) is 0 Å². The largest absolute Gasteiger partial charge is 0.396 e. The summed E-state index contributed by atoms with van der Waals surface area (Å²) < 4.78 is 5.37. The molecule has 5 nitrogen and oxygen atoms in total. The lowest BCUT2D eigenvalue weighted by molar-refractivity contribution is 0.242. The van der Waals surface area contributed by atoms with Crippen molar-refractivity contribution in [3.05, 3.63) is 11.7 Å². The van der Waals surface area contributed by atoms with E-state index in [2.05, 4.69) is 21.7 Å². The van der Waals surface area contributed by atoms with Crippen molar-refractivity contribution in [2.45, 2.75) is 63.5 Å². The molecule has 1 heterocycles. The van der Waals surface area contributed by atoms with E-state index in [1.807, 2.05) is 18.7 Å². The van der Waals surface area contributed by atoms with Gasteiger partial charge >= 0.3 is 0 Å². The lowest BCUT2D eigenvalue weighted by atomic mass is 9.85. The normalized spacial score (nSPS) is 24.1. The first-order valence-electron chi connectivity index (χ1n) is 7.95. The van der Waals surface area contributed by atoms with Gasteiger partial charge < -0.3 is 14.9 Å². The Morgan fingerprint density at radius 2 is 2.14 bits per heavy atom. The molecule has 0 radical (unpaired) electrons. The first kappa shape index (κ1) is 16.8. The first-order valence-corrected chi connectivity index (χ1v) is 9.34. The van der Waals surface area contributed by atoms with Gasteiger partial charge in [-0.2, -0.15) is 16.7 Å². The fourth-order valence-electron chi connectivity index (χ4n) is 2.99. The molecular formula is C15H27N3O2S.